The van der Waals surface area contributed by atoms with E-state index in [0.29, 0.717) is 0 Å². The van der Waals surface area contributed by atoms with Crippen molar-refractivity contribution in [1.29, 1.82) is 0 Å². The maximum absolute atomic E-state index is 13.7. The minimum atomic E-state index is -0.435. The van der Waals surface area contributed by atoms with Gasteiger partial charge in [0.15, 0.2) is 0 Å². The molecule has 0 spiro atoms. The fraction of sp³-hybridized carbons (Fsp3) is 0.350. The van der Waals surface area contributed by atoms with E-state index >= 15 is 0 Å². The number of ether oxygens (including phenoxy) is 2. The van der Waals surface area contributed by atoms with Crippen LogP contribution in [-0.2, 0) is 4.79 Å². The van der Waals surface area contributed by atoms with Crippen LogP contribution >= 0.6 is 0 Å². The topological polar surface area (TPSA) is 50.8 Å². The molecule has 0 bridgehead atoms. The lowest BCUT2D eigenvalue weighted by molar-refractivity contribution is -0.117. The Hall–Kier alpha value is -2.60. The van der Waals surface area contributed by atoms with E-state index in [4.69, 9.17) is 9.47 Å². The molecule has 1 unspecified atom stereocenters. The normalized spacial score (nSPS) is 17.1. The van der Waals surface area contributed by atoms with E-state index in [0.717, 1.165) is 36.4 Å². The molecule has 1 aliphatic heterocycles. The number of hydrogen-bond acceptors (Lipinski definition) is 4. The van der Waals surface area contributed by atoms with Gasteiger partial charge in [0.2, 0.25) is 5.91 Å². The number of rotatable bonds is 6. The number of methoxy groups -OCH3 is 2. The number of nitrogens with zero attached hydrogens (tertiary/aromatic N) is 1. The highest BCUT2D eigenvalue weighted by Crippen LogP contribution is 2.38. The Balaban J connectivity index is 1.72. The number of anilines is 1. The van der Waals surface area contributed by atoms with Crippen molar-refractivity contribution in [3.63, 3.8) is 0 Å². The highest BCUT2D eigenvalue weighted by molar-refractivity contribution is 5.92. The van der Waals surface area contributed by atoms with Crippen molar-refractivity contribution >= 4 is 11.6 Å². The van der Waals surface area contributed by atoms with Crippen molar-refractivity contribution in [3.8, 4) is 11.5 Å². The number of hydrogen-bond donors (Lipinski definition) is 1. The summed E-state index contributed by atoms with van der Waals surface area (Å²) in [4.78, 5) is 14.5. The number of carbonyl (C=O) groups is 1. The van der Waals surface area contributed by atoms with Crippen molar-refractivity contribution in [2.75, 3.05) is 32.6 Å². The summed E-state index contributed by atoms with van der Waals surface area (Å²) in [6.07, 6.45) is 1.93. The molecule has 1 N–H and O–H groups in total. The van der Waals surface area contributed by atoms with Gasteiger partial charge in [-0.1, -0.05) is 18.2 Å². The van der Waals surface area contributed by atoms with Gasteiger partial charge in [-0.15, -0.1) is 0 Å². The third kappa shape index (κ3) is 3.96. The van der Waals surface area contributed by atoms with Crippen LogP contribution in [0, 0.1) is 5.82 Å². The van der Waals surface area contributed by atoms with Gasteiger partial charge in [-0.3, -0.25) is 9.69 Å². The second-order valence-electron chi connectivity index (χ2n) is 6.26. The number of halogens is 1. The molecule has 5 nitrogen and oxygen atoms in total. The second kappa shape index (κ2) is 8.19. The number of amides is 1. The first-order valence-electron chi connectivity index (χ1n) is 8.62. The zero-order valence-electron chi connectivity index (χ0n) is 15.0. The van der Waals surface area contributed by atoms with E-state index in [2.05, 4.69) is 10.2 Å². The molecule has 0 aliphatic carbocycles. The van der Waals surface area contributed by atoms with E-state index in [9.17, 15) is 9.18 Å². The summed E-state index contributed by atoms with van der Waals surface area (Å²) in [7, 11) is 3.24. The molecule has 26 heavy (non-hydrogen) atoms. The highest BCUT2D eigenvalue weighted by atomic mass is 19.1. The van der Waals surface area contributed by atoms with Gasteiger partial charge in [-0.2, -0.15) is 0 Å². The molecular weight excluding hydrogens is 335 g/mol. The summed E-state index contributed by atoms with van der Waals surface area (Å²) in [5, 5.41) is 2.65. The Morgan fingerprint density at radius 1 is 1.23 bits per heavy atom. The van der Waals surface area contributed by atoms with Gasteiger partial charge in [0.05, 0.1) is 26.5 Å². The minimum Gasteiger partial charge on any atom is -0.497 e. The summed E-state index contributed by atoms with van der Waals surface area (Å²) in [5.41, 5.74) is 1.24. The molecule has 0 aromatic heterocycles. The van der Waals surface area contributed by atoms with Crippen LogP contribution in [0.5, 0.6) is 11.5 Å². The Bertz CT molecular complexity index is 781. The van der Waals surface area contributed by atoms with E-state index in [1.54, 1.807) is 32.4 Å². The molecule has 1 amide bonds. The van der Waals surface area contributed by atoms with Crippen LogP contribution in [0.25, 0.3) is 0 Å². The zero-order chi connectivity index (χ0) is 18.5. The van der Waals surface area contributed by atoms with Crippen molar-refractivity contribution in [3.05, 3.63) is 53.8 Å². The number of likely N-dealkylation sites (tertiary alicyclic amines) is 1. The predicted molar refractivity (Wildman–Crippen MR) is 98.1 cm³/mol. The first-order chi connectivity index (χ1) is 12.6. The van der Waals surface area contributed by atoms with Gasteiger partial charge in [-0.05, 0) is 37.6 Å². The highest BCUT2D eigenvalue weighted by Gasteiger charge is 2.30. The predicted octanol–water partition coefficient (Wildman–Crippen LogP) is 3.62. The smallest absolute Gasteiger partial charge is 0.238 e. The van der Waals surface area contributed by atoms with Crippen LogP contribution in [-0.4, -0.2) is 38.1 Å². The SMILES string of the molecule is COc1ccc(C2CCCN2CC(=O)Nc2ccccc2F)c(OC)c1. The first kappa shape index (κ1) is 18.2. The number of benzene rings is 2. The Kier molecular flexibility index (Phi) is 5.73. The fourth-order valence-electron chi connectivity index (χ4n) is 3.40. The van der Waals surface area contributed by atoms with Gasteiger partial charge in [0, 0.05) is 17.7 Å². The van der Waals surface area contributed by atoms with Gasteiger partial charge >= 0.3 is 0 Å². The van der Waals surface area contributed by atoms with E-state index in [1.807, 2.05) is 18.2 Å². The Morgan fingerprint density at radius 2 is 2.04 bits per heavy atom. The molecule has 2 aromatic rings. The third-order valence-electron chi connectivity index (χ3n) is 4.66. The molecule has 1 heterocycles. The Morgan fingerprint density at radius 3 is 2.77 bits per heavy atom. The maximum Gasteiger partial charge on any atom is 0.238 e. The zero-order valence-corrected chi connectivity index (χ0v) is 15.0. The Labute approximate surface area is 152 Å². The molecule has 0 radical (unpaired) electrons. The lowest BCUT2D eigenvalue weighted by Crippen LogP contribution is -2.33. The van der Waals surface area contributed by atoms with Crippen LogP contribution in [0.2, 0.25) is 0 Å². The maximum atomic E-state index is 13.7. The average molecular weight is 358 g/mol. The van der Waals surface area contributed by atoms with E-state index in [1.165, 1.54) is 6.07 Å². The number of carbonyl (C=O) groups excluding carboxylic acids is 1. The van der Waals surface area contributed by atoms with Crippen molar-refractivity contribution in [1.82, 2.24) is 4.90 Å². The molecule has 1 saturated heterocycles. The lowest BCUT2D eigenvalue weighted by atomic mass is 10.0. The van der Waals surface area contributed by atoms with Gasteiger partial charge in [-0.25, -0.2) is 4.39 Å². The summed E-state index contributed by atoms with van der Waals surface area (Å²) in [6, 6.07) is 12.0. The quantitative estimate of drug-likeness (QED) is 0.857. The molecule has 0 saturated carbocycles. The van der Waals surface area contributed by atoms with Crippen LogP contribution in [0.15, 0.2) is 42.5 Å². The molecule has 138 valence electrons. The molecule has 1 aliphatic rings. The van der Waals surface area contributed by atoms with Crippen LogP contribution in [0.1, 0.15) is 24.4 Å². The molecule has 2 aromatic carbocycles. The van der Waals surface area contributed by atoms with Gasteiger partial charge in [0.1, 0.15) is 17.3 Å². The molecular formula is C20H23FN2O3. The van der Waals surface area contributed by atoms with Gasteiger partial charge in [0.25, 0.3) is 0 Å². The first-order valence-corrected chi connectivity index (χ1v) is 8.62. The second-order valence-corrected chi connectivity index (χ2v) is 6.26. The molecule has 3 rings (SSSR count). The van der Waals surface area contributed by atoms with E-state index in [-0.39, 0.29) is 24.2 Å². The van der Waals surface area contributed by atoms with Crippen LogP contribution < -0.4 is 14.8 Å². The summed E-state index contributed by atoms with van der Waals surface area (Å²) < 4.78 is 24.5. The summed E-state index contributed by atoms with van der Waals surface area (Å²) in [6.45, 7) is 1.01. The molecule has 6 heteroatoms. The summed E-state index contributed by atoms with van der Waals surface area (Å²) in [5.74, 6) is 0.813. The van der Waals surface area contributed by atoms with Crippen LogP contribution in [0.3, 0.4) is 0 Å². The molecule has 1 fully saturated rings. The van der Waals surface area contributed by atoms with Crippen LogP contribution in [0.4, 0.5) is 10.1 Å². The van der Waals surface area contributed by atoms with Crippen molar-refractivity contribution in [2.45, 2.75) is 18.9 Å². The number of para-hydroxylation sites is 1. The van der Waals surface area contributed by atoms with Gasteiger partial charge < -0.3 is 14.8 Å². The number of nitrogens with one attached hydrogen (secondary N) is 1. The monoisotopic (exact) mass is 358 g/mol. The minimum absolute atomic E-state index is 0.0854. The average Bonchev–Trinajstić information content (AvgIpc) is 3.10. The van der Waals surface area contributed by atoms with Crippen molar-refractivity contribution in [2.24, 2.45) is 0 Å². The largest absolute Gasteiger partial charge is 0.497 e. The van der Waals surface area contributed by atoms with E-state index < -0.39 is 5.82 Å². The molecule has 1 atom stereocenters. The third-order valence-corrected chi connectivity index (χ3v) is 4.66. The standard InChI is InChI=1S/C20H23FN2O3/c1-25-14-9-10-15(19(12-14)26-2)18-8-5-11-23(18)13-20(24)22-17-7-4-3-6-16(17)21/h3-4,6-7,9-10,12,18H,5,8,11,13H2,1-2H3,(H,22,24). The summed E-state index contributed by atoms with van der Waals surface area (Å²) >= 11 is 0. The lowest BCUT2D eigenvalue weighted by Gasteiger charge is -2.26. The fourth-order valence-corrected chi connectivity index (χ4v) is 3.40. The van der Waals surface area contributed by atoms with Crippen molar-refractivity contribution < 1.29 is 18.7 Å².